The summed E-state index contributed by atoms with van der Waals surface area (Å²) < 4.78 is 14.2. The van der Waals surface area contributed by atoms with Gasteiger partial charge in [-0.1, -0.05) is 50.8 Å². The monoisotopic (exact) mass is 356 g/mol. The smallest absolute Gasteiger partial charge is 0.327 e. The van der Waals surface area contributed by atoms with Crippen LogP contribution >= 0.6 is 0 Å². The highest BCUT2D eigenvalue weighted by Crippen LogP contribution is 2.39. The Morgan fingerprint density at radius 3 is 2.72 bits per heavy atom. The Labute approximate surface area is 150 Å². The fourth-order valence-corrected chi connectivity index (χ4v) is 3.52. The minimum absolute atomic E-state index is 0.157. The molecule has 0 aromatic rings. The first-order valence-electron chi connectivity index (χ1n) is 9.53. The van der Waals surface area contributed by atoms with Gasteiger partial charge >= 0.3 is 5.97 Å². The molecule has 0 aromatic carbocycles. The number of allylic oxidation sites excluding steroid dienone is 1. The summed E-state index contributed by atoms with van der Waals surface area (Å²) in [5, 5.41) is 28.6. The van der Waals surface area contributed by atoms with Gasteiger partial charge in [0.25, 0.3) is 0 Å². The van der Waals surface area contributed by atoms with Crippen LogP contribution in [0.15, 0.2) is 24.3 Å². The zero-order valence-corrected chi connectivity index (χ0v) is 15.2. The van der Waals surface area contributed by atoms with Crippen molar-refractivity contribution >= 4 is 5.97 Å². The summed E-state index contributed by atoms with van der Waals surface area (Å²) in [6, 6.07) is 0. The summed E-state index contributed by atoms with van der Waals surface area (Å²) in [5.41, 5.74) is 0. The fraction of sp³-hybridized carbons (Fsp3) is 0.750. The summed E-state index contributed by atoms with van der Waals surface area (Å²) in [4.78, 5) is 10.4. The molecule has 0 aromatic heterocycles. The number of carbonyl (C=O) groups is 1. The van der Waals surface area contributed by atoms with Gasteiger partial charge in [0.2, 0.25) is 0 Å². The minimum Gasteiger partial charge on any atom is -0.478 e. The first-order valence-corrected chi connectivity index (χ1v) is 9.53. The predicted molar refractivity (Wildman–Crippen MR) is 97.0 cm³/mol. The molecule has 0 spiro atoms. The maximum atomic E-state index is 14.2. The van der Waals surface area contributed by atoms with E-state index in [1.54, 1.807) is 18.2 Å². The van der Waals surface area contributed by atoms with Crippen molar-refractivity contribution in [3.63, 3.8) is 0 Å². The third-order valence-corrected chi connectivity index (χ3v) is 4.95. The average Bonchev–Trinajstić information content (AvgIpc) is 2.82. The van der Waals surface area contributed by atoms with Crippen LogP contribution in [-0.4, -0.2) is 39.7 Å². The zero-order chi connectivity index (χ0) is 18.7. The van der Waals surface area contributed by atoms with Crippen LogP contribution in [0.1, 0.15) is 64.7 Å². The third-order valence-electron chi connectivity index (χ3n) is 4.95. The number of aliphatic hydroxyl groups excluding tert-OH is 2. The van der Waals surface area contributed by atoms with Gasteiger partial charge in [-0.2, -0.15) is 0 Å². The lowest BCUT2D eigenvalue weighted by molar-refractivity contribution is -0.131. The number of rotatable bonds is 12. The second kappa shape index (κ2) is 12.2. The highest BCUT2D eigenvalue weighted by atomic mass is 19.1. The predicted octanol–water partition coefficient (Wildman–Crippen LogP) is 4.02. The van der Waals surface area contributed by atoms with E-state index in [0.717, 1.165) is 38.2 Å². The van der Waals surface area contributed by atoms with Gasteiger partial charge in [0.1, 0.15) is 6.17 Å². The first-order chi connectivity index (χ1) is 12.0. The van der Waals surface area contributed by atoms with Crippen molar-refractivity contribution < 1.29 is 24.5 Å². The van der Waals surface area contributed by atoms with Gasteiger partial charge in [-0.15, -0.1) is 0 Å². The van der Waals surface area contributed by atoms with Crippen LogP contribution < -0.4 is 0 Å². The molecular formula is C20H33FO4. The Bertz CT molecular complexity index is 435. The number of carboxylic acid groups (broad SMARTS) is 1. The minimum atomic E-state index is -1.02. The van der Waals surface area contributed by atoms with Gasteiger partial charge in [-0.05, 0) is 31.6 Å². The molecule has 1 aliphatic carbocycles. The lowest BCUT2D eigenvalue weighted by Gasteiger charge is -2.20. The van der Waals surface area contributed by atoms with Crippen LogP contribution in [0.3, 0.4) is 0 Å². The topological polar surface area (TPSA) is 77.8 Å². The summed E-state index contributed by atoms with van der Waals surface area (Å²) in [6.07, 6.45) is 11.0. The number of alkyl halides is 1. The molecule has 3 N–H and O–H groups in total. The second-order valence-corrected chi connectivity index (χ2v) is 7.03. The van der Waals surface area contributed by atoms with E-state index in [-0.39, 0.29) is 18.3 Å². The molecule has 0 aliphatic heterocycles. The van der Waals surface area contributed by atoms with Gasteiger partial charge in [0.05, 0.1) is 12.2 Å². The number of halogens is 1. The Morgan fingerprint density at radius 1 is 1.28 bits per heavy atom. The quantitative estimate of drug-likeness (QED) is 0.280. The highest BCUT2D eigenvalue weighted by Gasteiger charge is 2.40. The molecule has 1 rings (SSSR count). The molecular weight excluding hydrogens is 323 g/mol. The van der Waals surface area contributed by atoms with E-state index in [4.69, 9.17) is 5.11 Å². The molecule has 0 heterocycles. The number of aliphatic carboxylic acids is 1. The van der Waals surface area contributed by atoms with Crippen LogP contribution in [0.25, 0.3) is 0 Å². The molecule has 0 amide bonds. The molecule has 0 saturated heterocycles. The van der Waals surface area contributed by atoms with Crippen molar-refractivity contribution in [1.82, 2.24) is 0 Å². The number of hydrogen-bond acceptors (Lipinski definition) is 3. The third kappa shape index (κ3) is 8.63. The SMILES string of the molecule is CCCCC[C@H](O)C=C[C@@H]1[C@@H](CCCCC=CC(=O)O)[C@H](F)C[C@H]1O. The van der Waals surface area contributed by atoms with Crippen molar-refractivity contribution in [2.45, 2.75) is 83.1 Å². The largest absolute Gasteiger partial charge is 0.478 e. The molecule has 0 unspecified atom stereocenters. The maximum absolute atomic E-state index is 14.2. The van der Waals surface area contributed by atoms with Crippen LogP contribution in [0.5, 0.6) is 0 Å². The van der Waals surface area contributed by atoms with Gasteiger partial charge in [0.15, 0.2) is 0 Å². The van der Waals surface area contributed by atoms with Crippen LogP contribution in [0.4, 0.5) is 4.39 Å². The molecule has 1 aliphatic rings. The van der Waals surface area contributed by atoms with E-state index >= 15 is 0 Å². The van der Waals surface area contributed by atoms with Crippen molar-refractivity contribution in [3.05, 3.63) is 24.3 Å². The fourth-order valence-electron chi connectivity index (χ4n) is 3.52. The van der Waals surface area contributed by atoms with Gasteiger partial charge in [-0.25, -0.2) is 9.18 Å². The maximum Gasteiger partial charge on any atom is 0.327 e. The number of hydrogen-bond donors (Lipinski definition) is 3. The molecule has 1 saturated carbocycles. The molecule has 4 nitrogen and oxygen atoms in total. The summed E-state index contributed by atoms with van der Waals surface area (Å²) in [5.74, 6) is -1.42. The number of unbranched alkanes of at least 4 members (excludes halogenated alkanes) is 4. The van der Waals surface area contributed by atoms with E-state index in [9.17, 15) is 19.4 Å². The second-order valence-electron chi connectivity index (χ2n) is 7.03. The summed E-state index contributed by atoms with van der Waals surface area (Å²) in [6.45, 7) is 2.11. The Morgan fingerprint density at radius 2 is 2.04 bits per heavy atom. The van der Waals surface area contributed by atoms with Crippen LogP contribution in [0, 0.1) is 11.8 Å². The standard InChI is InChI=1S/C20H33FO4/c1-2-3-6-9-15(22)12-13-17-16(18(21)14-19(17)23)10-7-4-5-8-11-20(24)25/h8,11-13,15-19,22-23H,2-7,9-10,14H2,1H3,(H,24,25)/t15-,16+,17+,18+,19+/m0/s1. The summed E-state index contributed by atoms with van der Waals surface area (Å²) >= 11 is 0. The van der Waals surface area contributed by atoms with Crippen LogP contribution in [0.2, 0.25) is 0 Å². The van der Waals surface area contributed by atoms with E-state index in [2.05, 4.69) is 6.92 Å². The normalized spacial score (nSPS) is 28.2. The number of carboxylic acids is 1. The molecule has 144 valence electrons. The Hall–Kier alpha value is -1.20. The molecule has 1 fully saturated rings. The molecule has 0 radical (unpaired) electrons. The lowest BCUT2D eigenvalue weighted by Crippen LogP contribution is -2.19. The van der Waals surface area contributed by atoms with Gasteiger partial charge < -0.3 is 15.3 Å². The first kappa shape index (κ1) is 21.8. The zero-order valence-electron chi connectivity index (χ0n) is 15.2. The Kier molecular flexibility index (Phi) is 10.7. The van der Waals surface area contributed by atoms with E-state index in [0.29, 0.717) is 19.3 Å². The van der Waals surface area contributed by atoms with Crippen molar-refractivity contribution in [2.75, 3.05) is 0 Å². The van der Waals surface area contributed by atoms with Gasteiger partial charge in [-0.3, -0.25) is 0 Å². The van der Waals surface area contributed by atoms with Crippen molar-refractivity contribution in [1.29, 1.82) is 0 Å². The summed E-state index contributed by atoms with van der Waals surface area (Å²) in [7, 11) is 0. The van der Waals surface area contributed by atoms with E-state index in [1.807, 2.05) is 0 Å². The van der Waals surface area contributed by atoms with E-state index < -0.39 is 24.3 Å². The van der Waals surface area contributed by atoms with Crippen LogP contribution in [-0.2, 0) is 4.79 Å². The lowest BCUT2D eigenvalue weighted by atomic mass is 9.88. The van der Waals surface area contributed by atoms with Crippen molar-refractivity contribution in [2.24, 2.45) is 11.8 Å². The van der Waals surface area contributed by atoms with Crippen molar-refractivity contribution in [3.8, 4) is 0 Å². The molecule has 5 atom stereocenters. The molecule has 5 heteroatoms. The molecule has 0 bridgehead atoms. The van der Waals surface area contributed by atoms with E-state index in [1.165, 1.54) is 0 Å². The molecule has 25 heavy (non-hydrogen) atoms. The Balaban J connectivity index is 2.43. The average molecular weight is 356 g/mol. The number of aliphatic hydroxyl groups is 2. The highest BCUT2D eigenvalue weighted by molar-refractivity contribution is 5.79. The van der Waals surface area contributed by atoms with Gasteiger partial charge in [0, 0.05) is 18.4 Å².